The van der Waals surface area contributed by atoms with Crippen LogP contribution in [0.3, 0.4) is 0 Å². The van der Waals surface area contributed by atoms with Crippen LogP contribution in [-0.2, 0) is 23.7 Å². The van der Waals surface area contributed by atoms with E-state index in [1.165, 1.54) is 18.4 Å². The van der Waals surface area contributed by atoms with Crippen molar-refractivity contribution < 1.29 is 28.5 Å². The molecule has 1 saturated carbocycles. The molecule has 4 rings (SSSR count). The van der Waals surface area contributed by atoms with Gasteiger partial charge in [0.25, 0.3) is 0 Å². The van der Waals surface area contributed by atoms with E-state index in [-0.39, 0.29) is 35.6 Å². The number of amides is 2. The van der Waals surface area contributed by atoms with Crippen molar-refractivity contribution in [1.82, 2.24) is 15.5 Å². The highest BCUT2D eigenvalue weighted by molar-refractivity contribution is 5.85. The Kier molecular flexibility index (Phi) is 9.12. The molecule has 1 aliphatic carbocycles. The number of methoxy groups -OCH3 is 1. The maximum absolute atomic E-state index is 13.1. The van der Waals surface area contributed by atoms with Gasteiger partial charge in [-0.1, -0.05) is 25.5 Å². The summed E-state index contributed by atoms with van der Waals surface area (Å²) in [6.07, 6.45) is 6.46. The van der Waals surface area contributed by atoms with Crippen LogP contribution < -0.4 is 10.6 Å². The van der Waals surface area contributed by atoms with Gasteiger partial charge in [-0.2, -0.15) is 0 Å². The van der Waals surface area contributed by atoms with Gasteiger partial charge < -0.3 is 34.5 Å². The zero-order chi connectivity index (χ0) is 27.7. The number of nitrogens with one attached hydrogen (secondary N) is 2. The Bertz CT molecular complexity index is 886. The summed E-state index contributed by atoms with van der Waals surface area (Å²) in [5.41, 5.74) is 0.592. The molecule has 216 valence electrons. The van der Waals surface area contributed by atoms with E-state index in [1.54, 1.807) is 7.11 Å². The number of hydrogen-bond donors (Lipinski definition) is 2. The molecule has 9 heteroatoms. The van der Waals surface area contributed by atoms with Crippen LogP contribution in [0.5, 0.6) is 0 Å². The minimum Gasteiger partial charge on any atom is -0.443 e. The number of hydrogen-bond acceptors (Lipinski definition) is 7. The second-order valence-corrected chi connectivity index (χ2v) is 12.5. The van der Waals surface area contributed by atoms with E-state index in [9.17, 15) is 9.59 Å². The van der Waals surface area contributed by atoms with Gasteiger partial charge in [-0.15, -0.1) is 0 Å². The van der Waals surface area contributed by atoms with Crippen LogP contribution in [0.4, 0.5) is 4.79 Å². The standard InChI is InChI=1S/C29H49N3O6/c1-18(2)10-11-22-28(5,38-22)25-24(35-7)21(12-14-29(25)17-36-29)37-27(34)31-23(19(3)4)26(33)30-15-13-20-9-8-16-32(20)6/h10,19-25H,8-9,11-17H2,1-7H3,(H,30,33)(H,31,34)/t20?,21-,22-,23-,24-,25?,28+,29+/m1/s1. The summed E-state index contributed by atoms with van der Waals surface area (Å²) in [5.74, 6) is -0.291. The molecule has 3 saturated heterocycles. The number of nitrogens with zero attached hydrogens (tertiary/aromatic N) is 1. The molecule has 1 spiro atoms. The van der Waals surface area contributed by atoms with Crippen molar-refractivity contribution in [2.75, 3.05) is 33.9 Å². The second kappa shape index (κ2) is 11.8. The first-order valence-electron chi connectivity index (χ1n) is 14.4. The minimum atomic E-state index is -0.667. The fourth-order valence-corrected chi connectivity index (χ4v) is 6.72. The lowest BCUT2D eigenvalue weighted by molar-refractivity contribution is -0.125. The molecule has 2 unspecified atom stereocenters. The Morgan fingerprint density at radius 2 is 1.97 bits per heavy atom. The molecule has 38 heavy (non-hydrogen) atoms. The molecule has 0 bridgehead atoms. The van der Waals surface area contributed by atoms with E-state index in [0.717, 1.165) is 25.8 Å². The minimum absolute atomic E-state index is 0.0416. The number of epoxide rings is 2. The van der Waals surface area contributed by atoms with E-state index in [2.05, 4.69) is 49.4 Å². The van der Waals surface area contributed by atoms with Gasteiger partial charge in [-0.05, 0) is 78.8 Å². The summed E-state index contributed by atoms with van der Waals surface area (Å²) >= 11 is 0. The van der Waals surface area contributed by atoms with Crippen LogP contribution >= 0.6 is 0 Å². The van der Waals surface area contributed by atoms with Crippen molar-refractivity contribution in [3.63, 3.8) is 0 Å². The molecule has 0 aromatic rings. The predicted molar refractivity (Wildman–Crippen MR) is 145 cm³/mol. The van der Waals surface area contributed by atoms with Crippen LogP contribution in [0.1, 0.15) is 73.1 Å². The Balaban J connectivity index is 1.34. The predicted octanol–water partition coefficient (Wildman–Crippen LogP) is 3.41. The Hall–Kier alpha value is -1.68. The number of carbonyl (C=O) groups is 2. The number of likely N-dealkylation sites (tertiary alicyclic amines) is 1. The summed E-state index contributed by atoms with van der Waals surface area (Å²) in [4.78, 5) is 28.4. The average Bonchev–Trinajstić information content (AvgIpc) is 3.73. The molecule has 0 radical (unpaired) electrons. The molecule has 3 heterocycles. The Morgan fingerprint density at radius 3 is 2.55 bits per heavy atom. The molecular weight excluding hydrogens is 486 g/mol. The Labute approximate surface area is 228 Å². The van der Waals surface area contributed by atoms with Gasteiger partial charge in [-0.3, -0.25) is 4.79 Å². The highest BCUT2D eigenvalue weighted by Crippen LogP contribution is 2.59. The van der Waals surface area contributed by atoms with Gasteiger partial charge in [0.1, 0.15) is 29.5 Å². The molecule has 2 N–H and O–H groups in total. The molecular formula is C29H49N3O6. The number of rotatable bonds is 11. The third-order valence-corrected chi connectivity index (χ3v) is 9.17. The maximum atomic E-state index is 13.1. The first-order valence-corrected chi connectivity index (χ1v) is 14.4. The summed E-state index contributed by atoms with van der Waals surface area (Å²) in [6, 6.07) is -0.159. The first kappa shape index (κ1) is 29.3. The van der Waals surface area contributed by atoms with Gasteiger partial charge in [0, 0.05) is 19.7 Å². The van der Waals surface area contributed by atoms with E-state index in [4.69, 9.17) is 18.9 Å². The van der Waals surface area contributed by atoms with Gasteiger partial charge in [-0.25, -0.2) is 4.79 Å². The molecule has 2 amide bonds. The van der Waals surface area contributed by atoms with E-state index in [1.807, 2.05) is 13.8 Å². The summed E-state index contributed by atoms with van der Waals surface area (Å²) < 4.78 is 24.2. The van der Waals surface area contributed by atoms with E-state index in [0.29, 0.717) is 25.6 Å². The van der Waals surface area contributed by atoms with Crippen molar-refractivity contribution in [3.8, 4) is 0 Å². The van der Waals surface area contributed by atoms with Gasteiger partial charge in [0.05, 0.1) is 18.6 Å². The van der Waals surface area contributed by atoms with Crippen molar-refractivity contribution >= 4 is 12.0 Å². The van der Waals surface area contributed by atoms with Crippen molar-refractivity contribution in [3.05, 3.63) is 11.6 Å². The monoisotopic (exact) mass is 535 g/mol. The number of alkyl carbamates (subject to hydrolysis) is 1. The Morgan fingerprint density at radius 1 is 1.24 bits per heavy atom. The first-order chi connectivity index (χ1) is 18.0. The molecule has 3 aliphatic heterocycles. The van der Waals surface area contributed by atoms with Gasteiger partial charge in [0.15, 0.2) is 0 Å². The quantitative estimate of drug-likeness (QED) is 0.309. The lowest BCUT2D eigenvalue weighted by Gasteiger charge is -2.42. The zero-order valence-electron chi connectivity index (χ0n) is 24.4. The normalized spacial score (nSPS) is 37.1. The smallest absolute Gasteiger partial charge is 0.408 e. The maximum Gasteiger partial charge on any atom is 0.408 e. The highest BCUT2D eigenvalue weighted by Gasteiger charge is 2.72. The van der Waals surface area contributed by atoms with Crippen molar-refractivity contribution in [1.29, 1.82) is 0 Å². The van der Waals surface area contributed by atoms with Crippen LogP contribution in [0.2, 0.25) is 0 Å². The summed E-state index contributed by atoms with van der Waals surface area (Å²) in [5, 5.41) is 5.85. The molecule has 0 aromatic carbocycles. The van der Waals surface area contributed by atoms with Crippen LogP contribution in [0.15, 0.2) is 11.6 Å². The topological polar surface area (TPSA) is 105 Å². The average molecular weight is 536 g/mol. The number of carbonyl (C=O) groups excluding carboxylic acids is 2. The largest absolute Gasteiger partial charge is 0.443 e. The number of allylic oxidation sites excluding steroid dienone is 1. The van der Waals surface area contributed by atoms with Crippen molar-refractivity contribution in [2.45, 2.75) is 115 Å². The van der Waals surface area contributed by atoms with Crippen LogP contribution in [0, 0.1) is 11.8 Å². The van der Waals surface area contributed by atoms with Crippen LogP contribution in [-0.4, -0.2) is 92.4 Å². The second-order valence-electron chi connectivity index (χ2n) is 12.5. The third kappa shape index (κ3) is 6.37. The lowest BCUT2D eigenvalue weighted by atomic mass is 9.68. The SMILES string of the molecule is CO[C@H]1C([C@@]2(C)O[C@@H]2CC=C(C)C)[C@]2(CC[C@H]1OC(=O)N[C@@H](C(=O)NCCC1CCCN1C)C(C)C)CO2. The van der Waals surface area contributed by atoms with Crippen LogP contribution in [0.25, 0.3) is 0 Å². The highest BCUT2D eigenvalue weighted by atomic mass is 16.6. The zero-order valence-corrected chi connectivity index (χ0v) is 24.4. The summed E-state index contributed by atoms with van der Waals surface area (Å²) in [7, 11) is 3.80. The fraction of sp³-hybridized carbons (Fsp3) is 0.862. The summed E-state index contributed by atoms with van der Waals surface area (Å²) in [6.45, 7) is 12.5. The molecule has 4 fully saturated rings. The molecule has 0 aromatic heterocycles. The lowest BCUT2D eigenvalue weighted by Crippen LogP contribution is -2.57. The molecule has 4 aliphatic rings. The number of ether oxygens (including phenoxy) is 4. The van der Waals surface area contributed by atoms with Gasteiger partial charge >= 0.3 is 6.09 Å². The third-order valence-electron chi connectivity index (χ3n) is 9.17. The van der Waals surface area contributed by atoms with E-state index >= 15 is 0 Å². The molecule has 8 atom stereocenters. The van der Waals surface area contributed by atoms with Crippen molar-refractivity contribution in [2.24, 2.45) is 11.8 Å². The van der Waals surface area contributed by atoms with E-state index < -0.39 is 23.8 Å². The fourth-order valence-electron chi connectivity index (χ4n) is 6.72. The van der Waals surface area contributed by atoms with Gasteiger partial charge in [0.2, 0.25) is 5.91 Å². The molecule has 9 nitrogen and oxygen atoms in total.